The van der Waals surface area contributed by atoms with Crippen molar-refractivity contribution in [2.75, 3.05) is 6.54 Å². The van der Waals surface area contributed by atoms with Gasteiger partial charge in [-0.2, -0.15) is 0 Å². The van der Waals surface area contributed by atoms with Crippen molar-refractivity contribution in [1.82, 2.24) is 5.32 Å². The van der Waals surface area contributed by atoms with Crippen LogP contribution in [0.2, 0.25) is 0 Å². The summed E-state index contributed by atoms with van der Waals surface area (Å²) in [6.07, 6.45) is 7.79. The maximum atomic E-state index is 13.1. The molecule has 2 rings (SSSR count). The highest BCUT2D eigenvalue weighted by molar-refractivity contribution is 5.22. The molecular weight excluding hydrogens is 261 g/mol. The Labute approximate surface area is 129 Å². The largest absolute Gasteiger partial charge is 0.309 e. The van der Waals surface area contributed by atoms with Crippen molar-refractivity contribution in [1.29, 1.82) is 0 Å². The van der Waals surface area contributed by atoms with Crippen LogP contribution < -0.4 is 5.32 Å². The standard InChI is InChI=1S/C19H30FN/c1-4-5-6-13-19(2,3)14-21-18(15-7-8-15)16-9-11-17(20)12-10-16/h9-12,15,18,21H,4-8,13-14H2,1-3H3. The molecule has 0 aromatic heterocycles. The van der Waals surface area contributed by atoms with Crippen LogP contribution in [0.15, 0.2) is 24.3 Å². The average Bonchev–Trinajstić information content (AvgIpc) is 3.26. The first-order valence-corrected chi connectivity index (χ1v) is 8.51. The van der Waals surface area contributed by atoms with E-state index >= 15 is 0 Å². The van der Waals surface area contributed by atoms with E-state index in [2.05, 4.69) is 26.1 Å². The van der Waals surface area contributed by atoms with Crippen LogP contribution >= 0.6 is 0 Å². The van der Waals surface area contributed by atoms with Crippen molar-refractivity contribution in [3.63, 3.8) is 0 Å². The minimum atomic E-state index is -0.145. The number of halogens is 1. The monoisotopic (exact) mass is 291 g/mol. The van der Waals surface area contributed by atoms with Crippen LogP contribution in [-0.4, -0.2) is 6.54 Å². The molecule has 0 saturated heterocycles. The first-order valence-electron chi connectivity index (χ1n) is 8.51. The number of hydrogen-bond donors (Lipinski definition) is 1. The Hall–Kier alpha value is -0.890. The summed E-state index contributed by atoms with van der Waals surface area (Å²) in [6, 6.07) is 7.44. The molecule has 1 saturated carbocycles. The van der Waals surface area contributed by atoms with E-state index in [0.717, 1.165) is 12.5 Å². The summed E-state index contributed by atoms with van der Waals surface area (Å²) >= 11 is 0. The maximum Gasteiger partial charge on any atom is 0.123 e. The Morgan fingerprint density at radius 3 is 2.43 bits per heavy atom. The average molecular weight is 291 g/mol. The predicted octanol–water partition coefficient (Wildman–Crippen LogP) is 5.47. The number of nitrogens with one attached hydrogen (secondary N) is 1. The molecule has 1 aliphatic carbocycles. The van der Waals surface area contributed by atoms with Crippen molar-refractivity contribution < 1.29 is 4.39 Å². The lowest BCUT2D eigenvalue weighted by Gasteiger charge is -2.29. The molecule has 0 aliphatic heterocycles. The highest BCUT2D eigenvalue weighted by Gasteiger charge is 2.33. The molecule has 21 heavy (non-hydrogen) atoms. The lowest BCUT2D eigenvalue weighted by Crippen LogP contribution is -2.33. The zero-order valence-corrected chi connectivity index (χ0v) is 13.8. The molecule has 0 heterocycles. The summed E-state index contributed by atoms with van der Waals surface area (Å²) in [7, 11) is 0. The fraction of sp³-hybridized carbons (Fsp3) is 0.684. The number of unbranched alkanes of at least 4 members (excludes halogenated alkanes) is 2. The van der Waals surface area contributed by atoms with Crippen LogP contribution in [0.1, 0.15) is 70.9 Å². The van der Waals surface area contributed by atoms with Gasteiger partial charge in [-0.15, -0.1) is 0 Å². The lowest BCUT2D eigenvalue weighted by atomic mass is 9.86. The van der Waals surface area contributed by atoms with Crippen molar-refractivity contribution in [3.05, 3.63) is 35.6 Å². The molecule has 0 amide bonds. The Morgan fingerprint density at radius 2 is 1.86 bits per heavy atom. The van der Waals surface area contributed by atoms with E-state index in [1.807, 2.05) is 12.1 Å². The lowest BCUT2D eigenvalue weighted by molar-refractivity contribution is 0.280. The topological polar surface area (TPSA) is 12.0 Å². The van der Waals surface area contributed by atoms with Gasteiger partial charge in [0.05, 0.1) is 0 Å². The van der Waals surface area contributed by atoms with E-state index in [-0.39, 0.29) is 5.82 Å². The SMILES string of the molecule is CCCCCC(C)(C)CNC(c1ccc(F)cc1)C1CC1. The molecule has 1 aliphatic rings. The summed E-state index contributed by atoms with van der Waals surface area (Å²) in [6.45, 7) is 7.99. The normalized spacial score (nSPS) is 17.0. The summed E-state index contributed by atoms with van der Waals surface area (Å²) < 4.78 is 13.1. The smallest absolute Gasteiger partial charge is 0.123 e. The molecule has 1 atom stereocenters. The molecule has 1 fully saturated rings. The molecule has 1 N–H and O–H groups in total. The Kier molecular flexibility index (Phi) is 5.80. The van der Waals surface area contributed by atoms with Gasteiger partial charge in [0.15, 0.2) is 0 Å². The van der Waals surface area contributed by atoms with Gasteiger partial charge in [0.2, 0.25) is 0 Å². The quantitative estimate of drug-likeness (QED) is 0.595. The fourth-order valence-corrected chi connectivity index (χ4v) is 2.98. The summed E-state index contributed by atoms with van der Waals surface area (Å²) in [5, 5.41) is 3.76. The van der Waals surface area contributed by atoms with E-state index in [1.54, 1.807) is 12.1 Å². The van der Waals surface area contributed by atoms with Crippen molar-refractivity contribution in [2.24, 2.45) is 11.3 Å². The highest BCUT2D eigenvalue weighted by atomic mass is 19.1. The molecule has 0 spiro atoms. The second-order valence-electron chi connectivity index (χ2n) is 7.37. The Bertz CT molecular complexity index is 420. The van der Waals surface area contributed by atoms with Crippen molar-refractivity contribution in [2.45, 2.75) is 65.3 Å². The number of rotatable bonds is 9. The van der Waals surface area contributed by atoms with Crippen LogP contribution in [0.4, 0.5) is 4.39 Å². The van der Waals surface area contributed by atoms with E-state index in [4.69, 9.17) is 0 Å². The summed E-state index contributed by atoms with van der Waals surface area (Å²) in [5.41, 5.74) is 1.57. The molecular formula is C19H30FN. The van der Waals surface area contributed by atoms with Gasteiger partial charge in [0.1, 0.15) is 5.82 Å². The second kappa shape index (κ2) is 7.40. The van der Waals surface area contributed by atoms with Crippen LogP contribution in [0.5, 0.6) is 0 Å². The Morgan fingerprint density at radius 1 is 1.19 bits per heavy atom. The number of benzene rings is 1. The van der Waals surface area contributed by atoms with Crippen LogP contribution in [0, 0.1) is 17.2 Å². The van der Waals surface area contributed by atoms with Crippen LogP contribution in [0.25, 0.3) is 0 Å². The maximum absolute atomic E-state index is 13.1. The minimum absolute atomic E-state index is 0.145. The van der Waals surface area contributed by atoms with Gasteiger partial charge in [-0.3, -0.25) is 0 Å². The first-order chi connectivity index (χ1) is 10.0. The molecule has 1 aromatic carbocycles. The summed E-state index contributed by atoms with van der Waals surface area (Å²) in [4.78, 5) is 0. The van der Waals surface area contributed by atoms with Crippen LogP contribution in [0.3, 0.4) is 0 Å². The zero-order valence-electron chi connectivity index (χ0n) is 13.8. The third-order valence-corrected chi connectivity index (χ3v) is 4.58. The predicted molar refractivity (Wildman–Crippen MR) is 87.8 cm³/mol. The van der Waals surface area contributed by atoms with Gasteiger partial charge < -0.3 is 5.32 Å². The van der Waals surface area contributed by atoms with Gasteiger partial charge in [-0.25, -0.2) is 4.39 Å². The zero-order chi connectivity index (χ0) is 15.3. The van der Waals surface area contributed by atoms with Gasteiger partial charge in [-0.1, -0.05) is 52.2 Å². The van der Waals surface area contributed by atoms with Crippen molar-refractivity contribution >= 4 is 0 Å². The van der Waals surface area contributed by atoms with E-state index in [1.165, 1.54) is 44.1 Å². The third kappa shape index (κ3) is 5.43. The molecule has 0 bridgehead atoms. The van der Waals surface area contributed by atoms with Gasteiger partial charge in [0, 0.05) is 12.6 Å². The summed E-state index contributed by atoms with van der Waals surface area (Å²) in [5.74, 6) is 0.593. The van der Waals surface area contributed by atoms with Crippen LogP contribution in [-0.2, 0) is 0 Å². The fourth-order valence-electron chi connectivity index (χ4n) is 2.98. The van der Waals surface area contributed by atoms with Gasteiger partial charge >= 0.3 is 0 Å². The molecule has 1 unspecified atom stereocenters. The molecule has 2 heteroatoms. The van der Waals surface area contributed by atoms with Gasteiger partial charge in [-0.05, 0) is 48.3 Å². The van der Waals surface area contributed by atoms with Crippen molar-refractivity contribution in [3.8, 4) is 0 Å². The van der Waals surface area contributed by atoms with E-state index < -0.39 is 0 Å². The third-order valence-electron chi connectivity index (χ3n) is 4.58. The highest BCUT2D eigenvalue weighted by Crippen LogP contribution is 2.41. The molecule has 1 aromatic rings. The first kappa shape index (κ1) is 16.5. The van der Waals surface area contributed by atoms with E-state index in [0.29, 0.717) is 11.5 Å². The molecule has 0 radical (unpaired) electrons. The second-order valence-corrected chi connectivity index (χ2v) is 7.37. The minimum Gasteiger partial charge on any atom is -0.309 e. The molecule has 118 valence electrons. The number of hydrogen-bond acceptors (Lipinski definition) is 1. The molecule has 1 nitrogen and oxygen atoms in total. The van der Waals surface area contributed by atoms with Gasteiger partial charge in [0.25, 0.3) is 0 Å². The van der Waals surface area contributed by atoms with E-state index in [9.17, 15) is 4.39 Å². The Balaban J connectivity index is 1.90.